The average Bonchev–Trinajstić information content (AvgIpc) is 3.03. The highest BCUT2D eigenvalue weighted by Gasteiger charge is 2.27. The molecular weight excluding hydrogens is 354 g/mol. The lowest BCUT2D eigenvalue weighted by atomic mass is 9.95. The van der Waals surface area contributed by atoms with E-state index in [0.29, 0.717) is 38.0 Å². The second-order valence-corrected chi connectivity index (χ2v) is 7.63. The first kappa shape index (κ1) is 20.1. The Morgan fingerprint density at radius 3 is 2.43 bits per heavy atom. The molecule has 3 rings (SSSR count). The number of amides is 2. The van der Waals surface area contributed by atoms with Gasteiger partial charge in [-0.2, -0.15) is 0 Å². The molecular formula is C22H29N3O3. The number of carbonyl (C=O) groups is 2. The molecule has 0 unspecified atom stereocenters. The number of nitrogens with zero attached hydrogens (tertiary/aromatic N) is 2. The van der Waals surface area contributed by atoms with Crippen molar-refractivity contribution in [1.29, 1.82) is 0 Å². The molecule has 1 aromatic carbocycles. The molecule has 0 bridgehead atoms. The van der Waals surface area contributed by atoms with Gasteiger partial charge in [-0.1, -0.05) is 22.9 Å². The van der Waals surface area contributed by atoms with Crippen LogP contribution in [0.4, 0.5) is 0 Å². The maximum atomic E-state index is 12.6. The number of aromatic nitrogens is 1. The third-order valence-electron chi connectivity index (χ3n) is 5.54. The van der Waals surface area contributed by atoms with Crippen molar-refractivity contribution in [2.24, 2.45) is 5.92 Å². The van der Waals surface area contributed by atoms with Gasteiger partial charge in [-0.25, -0.2) is 0 Å². The fourth-order valence-electron chi connectivity index (χ4n) is 3.70. The summed E-state index contributed by atoms with van der Waals surface area (Å²) in [6.07, 6.45) is 3.14. The molecule has 2 amide bonds. The van der Waals surface area contributed by atoms with Crippen LogP contribution in [0.5, 0.6) is 0 Å². The quantitative estimate of drug-likeness (QED) is 0.777. The zero-order valence-electron chi connectivity index (χ0n) is 17.0. The Kier molecular flexibility index (Phi) is 6.49. The van der Waals surface area contributed by atoms with Crippen molar-refractivity contribution in [3.63, 3.8) is 0 Å². The van der Waals surface area contributed by atoms with Crippen molar-refractivity contribution in [3.8, 4) is 0 Å². The second-order valence-electron chi connectivity index (χ2n) is 7.63. The highest BCUT2D eigenvalue weighted by atomic mass is 16.5. The van der Waals surface area contributed by atoms with Gasteiger partial charge in [0.05, 0.1) is 5.69 Å². The molecule has 6 nitrogen and oxygen atoms in total. The Labute approximate surface area is 166 Å². The molecule has 0 atom stereocenters. The number of hydrogen-bond acceptors (Lipinski definition) is 4. The number of piperidine rings is 1. The van der Waals surface area contributed by atoms with Gasteiger partial charge in [-0.3, -0.25) is 9.59 Å². The molecule has 1 aromatic heterocycles. The van der Waals surface area contributed by atoms with Crippen molar-refractivity contribution in [2.75, 3.05) is 19.6 Å². The summed E-state index contributed by atoms with van der Waals surface area (Å²) in [5.41, 5.74) is 3.92. The van der Waals surface area contributed by atoms with Gasteiger partial charge in [0.25, 0.3) is 5.91 Å². The average molecular weight is 383 g/mol. The highest BCUT2D eigenvalue weighted by Crippen LogP contribution is 2.20. The molecule has 1 fully saturated rings. The molecule has 1 aliphatic heterocycles. The summed E-state index contributed by atoms with van der Waals surface area (Å²) < 4.78 is 5.17. The van der Waals surface area contributed by atoms with Crippen LogP contribution < -0.4 is 5.32 Å². The maximum absolute atomic E-state index is 12.6. The minimum Gasteiger partial charge on any atom is -0.361 e. The van der Waals surface area contributed by atoms with Crippen molar-refractivity contribution in [1.82, 2.24) is 15.4 Å². The lowest BCUT2D eigenvalue weighted by molar-refractivity contribution is -0.126. The molecule has 28 heavy (non-hydrogen) atoms. The van der Waals surface area contributed by atoms with Crippen LogP contribution >= 0.6 is 0 Å². The first-order valence-electron chi connectivity index (χ1n) is 10.0. The molecule has 1 aliphatic rings. The normalized spacial score (nSPS) is 14.9. The van der Waals surface area contributed by atoms with E-state index in [1.807, 2.05) is 49.9 Å². The van der Waals surface area contributed by atoms with E-state index in [2.05, 4.69) is 10.5 Å². The van der Waals surface area contributed by atoms with Crippen molar-refractivity contribution in [3.05, 3.63) is 52.4 Å². The number of aryl methyl sites for hydroxylation is 3. The summed E-state index contributed by atoms with van der Waals surface area (Å²) >= 11 is 0. The van der Waals surface area contributed by atoms with Crippen molar-refractivity contribution < 1.29 is 14.1 Å². The van der Waals surface area contributed by atoms with Gasteiger partial charge in [0.2, 0.25) is 5.91 Å². The number of hydrogen-bond donors (Lipinski definition) is 1. The van der Waals surface area contributed by atoms with Crippen LogP contribution in [0.25, 0.3) is 0 Å². The summed E-state index contributed by atoms with van der Waals surface area (Å²) in [5, 5.41) is 7.00. The van der Waals surface area contributed by atoms with Crippen LogP contribution in [0, 0.1) is 26.7 Å². The lowest BCUT2D eigenvalue weighted by Crippen LogP contribution is -2.43. The summed E-state index contributed by atoms with van der Waals surface area (Å²) in [6.45, 7) is 7.77. The summed E-state index contributed by atoms with van der Waals surface area (Å²) in [4.78, 5) is 26.9. The highest BCUT2D eigenvalue weighted by molar-refractivity contribution is 5.94. The number of benzene rings is 1. The zero-order chi connectivity index (χ0) is 20.1. The van der Waals surface area contributed by atoms with Crippen LogP contribution in [0.1, 0.15) is 52.2 Å². The third-order valence-corrected chi connectivity index (χ3v) is 5.54. The molecule has 1 saturated heterocycles. The minimum atomic E-state index is -0.0128. The molecule has 2 heterocycles. The van der Waals surface area contributed by atoms with Gasteiger partial charge < -0.3 is 14.7 Å². The van der Waals surface area contributed by atoms with Crippen LogP contribution in [0.2, 0.25) is 0 Å². The Bertz CT molecular complexity index is 799. The Hall–Kier alpha value is -2.63. The van der Waals surface area contributed by atoms with E-state index < -0.39 is 0 Å². The fourth-order valence-corrected chi connectivity index (χ4v) is 3.70. The predicted octanol–water partition coefficient (Wildman–Crippen LogP) is 3.20. The van der Waals surface area contributed by atoms with E-state index in [-0.39, 0.29) is 17.7 Å². The first-order valence-corrected chi connectivity index (χ1v) is 10.0. The first-order chi connectivity index (χ1) is 13.5. The van der Waals surface area contributed by atoms with E-state index >= 15 is 0 Å². The van der Waals surface area contributed by atoms with Crippen molar-refractivity contribution in [2.45, 2.75) is 46.5 Å². The zero-order valence-corrected chi connectivity index (χ0v) is 17.0. The maximum Gasteiger partial charge on any atom is 0.253 e. The van der Waals surface area contributed by atoms with Gasteiger partial charge in [0.1, 0.15) is 5.76 Å². The smallest absolute Gasteiger partial charge is 0.253 e. The molecule has 150 valence electrons. The Morgan fingerprint density at radius 1 is 1.14 bits per heavy atom. The molecule has 0 spiro atoms. The lowest BCUT2D eigenvalue weighted by Gasteiger charge is -2.31. The van der Waals surface area contributed by atoms with Crippen LogP contribution in [0.15, 0.2) is 28.8 Å². The third kappa shape index (κ3) is 4.80. The van der Waals surface area contributed by atoms with Gasteiger partial charge in [0, 0.05) is 36.7 Å². The van der Waals surface area contributed by atoms with Crippen LogP contribution in [0.3, 0.4) is 0 Å². The van der Waals surface area contributed by atoms with E-state index in [0.717, 1.165) is 35.4 Å². The van der Waals surface area contributed by atoms with Gasteiger partial charge in [-0.05, 0) is 58.6 Å². The Morgan fingerprint density at radius 2 is 1.82 bits per heavy atom. The number of carbonyl (C=O) groups excluding carboxylic acids is 2. The summed E-state index contributed by atoms with van der Waals surface area (Å²) in [6, 6.07) is 7.65. The minimum absolute atomic E-state index is 0.0128. The number of nitrogens with one attached hydrogen (secondary N) is 1. The van der Waals surface area contributed by atoms with E-state index in [4.69, 9.17) is 4.52 Å². The topological polar surface area (TPSA) is 75.4 Å². The number of likely N-dealkylation sites (tertiary alicyclic amines) is 1. The molecule has 0 saturated carbocycles. The van der Waals surface area contributed by atoms with E-state index in [1.165, 1.54) is 0 Å². The van der Waals surface area contributed by atoms with Crippen molar-refractivity contribution >= 4 is 11.8 Å². The molecule has 6 heteroatoms. The summed E-state index contributed by atoms with van der Waals surface area (Å²) in [7, 11) is 0. The molecule has 1 N–H and O–H groups in total. The van der Waals surface area contributed by atoms with Crippen LogP contribution in [-0.2, 0) is 11.2 Å². The van der Waals surface area contributed by atoms with Gasteiger partial charge in [0.15, 0.2) is 0 Å². The van der Waals surface area contributed by atoms with E-state index in [9.17, 15) is 9.59 Å². The monoisotopic (exact) mass is 383 g/mol. The Balaban J connectivity index is 1.40. The fraction of sp³-hybridized carbons (Fsp3) is 0.500. The largest absolute Gasteiger partial charge is 0.361 e. The standard InChI is InChI=1S/C22H29N3O3/c1-15-6-8-19(9-7-15)22(27)25-13-10-18(11-14-25)21(26)23-12-4-5-20-16(2)24-28-17(20)3/h6-9,18H,4-5,10-14H2,1-3H3,(H,23,26). The van der Waals surface area contributed by atoms with Crippen LogP contribution in [-0.4, -0.2) is 41.5 Å². The SMILES string of the molecule is Cc1ccc(C(=O)N2CCC(C(=O)NCCCc3c(C)noc3C)CC2)cc1. The predicted molar refractivity (Wildman–Crippen MR) is 107 cm³/mol. The molecule has 2 aromatic rings. The molecule has 0 radical (unpaired) electrons. The molecule has 0 aliphatic carbocycles. The van der Waals surface area contributed by atoms with Gasteiger partial charge in [-0.15, -0.1) is 0 Å². The van der Waals surface area contributed by atoms with E-state index in [1.54, 1.807) is 0 Å². The second kappa shape index (κ2) is 9.04. The summed E-state index contributed by atoms with van der Waals surface area (Å²) in [5.74, 6) is 0.995. The number of rotatable bonds is 6. The van der Waals surface area contributed by atoms with Gasteiger partial charge >= 0.3 is 0 Å².